The van der Waals surface area contributed by atoms with E-state index < -0.39 is 18.0 Å². The summed E-state index contributed by atoms with van der Waals surface area (Å²) < 4.78 is 4.51. The van der Waals surface area contributed by atoms with Crippen molar-refractivity contribution < 1.29 is 29.3 Å². The van der Waals surface area contributed by atoms with Crippen LogP contribution in [-0.4, -0.2) is 46.8 Å². The normalized spacial score (nSPS) is 22.6. The van der Waals surface area contributed by atoms with Gasteiger partial charge in [-0.15, -0.1) is 0 Å². The predicted octanol–water partition coefficient (Wildman–Crippen LogP) is 2.05. The number of Topliss-reactive ketones (excluding diaryl/α,β-unsaturated/α-hetero) is 1. The number of nitrogens with zero attached hydrogens (tertiary/aromatic N) is 1. The molecule has 1 aliphatic rings. The summed E-state index contributed by atoms with van der Waals surface area (Å²) in [6, 6.07) is -1.02. The molecule has 128 valence electrons. The minimum atomic E-state index is -1.11. The van der Waals surface area contributed by atoms with Crippen LogP contribution in [0.15, 0.2) is 16.3 Å². The molecule has 0 aromatic heterocycles. The number of carboxylic acid groups (broad SMARTS) is 1. The smallest absolute Gasteiger partial charge is 0.328 e. The number of aliphatic carboxylic acids is 1. The topological polar surface area (TPSA) is 113 Å². The van der Waals surface area contributed by atoms with Crippen molar-refractivity contribution >= 4 is 23.4 Å². The number of aliphatic imine (C=N–C) groups is 1. The second kappa shape index (κ2) is 7.39. The Kier molecular flexibility index (Phi) is 6.06. The van der Waals surface area contributed by atoms with Gasteiger partial charge in [-0.1, -0.05) is 13.8 Å². The first kappa shape index (κ1) is 18.9. The minimum absolute atomic E-state index is 0.0429. The van der Waals surface area contributed by atoms with Crippen molar-refractivity contribution in [1.82, 2.24) is 0 Å². The summed E-state index contributed by atoms with van der Waals surface area (Å²) in [4.78, 5) is 38.7. The van der Waals surface area contributed by atoms with Crippen molar-refractivity contribution in [1.29, 1.82) is 0 Å². The summed E-state index contributed by atoms with van der Waals surface area (Å²) in [7, 11) is 1.24. The van der Waals surface area contributed by atoms with Gasteiger partial charge >= 0.3 is 11.9 Å². The lowest BCUT2D eigenvalue weighted by molar-refractivity contribution is -0.141. The van der Waals surface area contributed by atoms with Crippen LogP contribution in [0.5, 0.6) is 0 Å². The standard InChI is InChI=1S/C16H23NO6/c1-9(15(21)22)17-10-7-16(2,3)8-12(19)14(10)11(18)5-6-13(20)23-4/h9,18H,5-8H2,1-4H3,(H,21,22). The van der Waals surface area contributed by atoms with E-state index in [1.807, 2.05) is 13.8 Å². The third kappa shape index (κ3) is 5.19. The molecule has 0 amide bonds. The Labute approximate surface area is 135 Å². The molecule has 1 fully saturated rings. The summed E-state index contributed by atoms with van der Waals surface area (Å²) in [6.45, 7) is 5.17. The van der Waals surface area contributed by atoms with E-state index in [1.54, 1.807) is 0 Å². The zero-order chi connectivity index (χ0) is 17.8. The van der Waals surface area contributed by atoms with E-state index in [1.165, 1.54) is 14.0 Å². The van der Waals surface area contributed by atoms with Crippen LogP contribution < -0.4 is 0 Å². The number of carboxylic acids is 1. The Hall–Kier alpha value is -2.18. The molecule has 1 aliphatic carbocycles. The lowest BCUT2D eigenvalue weighted by atomic mass is 9.73. The van der Waals surface area contributed by atoms with Crippen LogP contribution in [0, 0.1) is 5.41 Å². The number of esters is 1. The Morgan fingerprint density at radius 1 is 1.26 bits per heavy atom. The fourth-order valence-corrected chi connectivity index (χ4v) is 2.46. The van der Waals surface area contributed by atoms with E-state index in [9.17, 15) is 19.5 Å². The van der Waals surface area contributed by atoms with Crippen LogP contribution in [-0.2, 0) is 19.1 Å². The molecular formula is C16H23NO6. The monoisotopic (exact) mass is 325 g/mol. The maximum absolute atomic E-state index is 12.4. The van der Waals surface area contributed by atoms with Gasteiger partial charge in [0.25, 0.3) is 0 Å². The van der Waals surface area contributed by atoms with Crippen LogP contribution in [0.2, 0.25) is 0 Å². The fraction of sp³-hybridized carbons (Fsp3) is 0.625. The summed E-state index contributed by atoms with van der Waals surface area (Å²) in [5.41, 5.74) is -0.0369. The molecule has 2 N–H and O–H groups in total. The molecule has 0 radical (unpaired) electrons. The zero-order valence-corrected chi connectivity index (χ0v) is 13.9. The van der Waals surface area contributed by atoms with Gasteiger partial charge in [-0.05, 0) is 18.8 Å². The number of aliphatic hydroxyl groups is 1. The number of carbonyl (C=O) groups excluding carboxylic acids is 2. The quantitative estimate of drug-likeness (QED) is 0.454. The van der Waals surface area contributed by atoms with E-state index >= 15 is 0 Å². The Morgan fingerprint density at radius 2 is 1.87 bits per heavy atom. The number of ketones is 1. The van der Waals surface area contributed by atoms with Gasteiger partial charge in [0.15, 0.2) is 5.78 Å². The Morgan fingerprint density at radius 3 is 2.39 bits per heavy atom. The fourth-order valence-electron chi connectivity index (χ4n) is 2.46. The molecule has 1 atom stereocenters. The van der Waals surface area contributed by atoms with Gasteiger partial charge in [-0.3, -0.25) is 14.6 Å². The highest BCUT2D eigenvalue weighted by Gasteiger charge is 2.36. The number of allylic oxidation sites excluding steroid dienone is 2. The molecule has 7 nitrogen and oxygen atoms in total. The highest BCUT2D eigenvalue weighted by atomic mass is 16.5. The molecule has 0 aromatic rings. The first-order valence-corrected chi connectivity index (χ1v) is 7.39. The highest BCUT2D eigenvalue weighted by molar-refractivity contribution is 6.25. The van der Waals surface area contributed by atoms with E-state index in [0.717, 1.165) is 0 Å². The molecule has 0 spiro atoms. The molecule has 23 heavy (non-hydrogen) atoms. The van der Waals surface area contributed by atoms with Crippen LogP contribution in [0.4, 0.5) is 0 Å². The average Bonchev–Trinajstić information content (AvgIpc) is 2.42. The SMILES string of the molecule is COC(=O)CCC(O)=C1C(=O)CC(C)(C)CC1=NC(C)C(=O)O. The lowest BCUT2D eigenvalue weighted by Gasteiger charge is -2.31. The van der Waals surface area contributed by atoms with Gasteiger partial charge in [-0.25, -0.2) is 4.79 Å². The van der Waals surface area contributed by atoms with Crippen molar-refractivity contribution in [2.75, 3.05) is 7.11 Å². The summed E-state index contributed by atoms with van der Waals surface area (Å²) in [5.74, 6) is -2.15. The molecule has 1 unspecified atom stereocenters. The van der Waals surface area contributed by atoms with Crippen molar-refractivity contribution in [2.45, 2.75) is 52.5 Å². The van der Waals surface area contributed by atoms with Gasteiger partial charge in [0, 0.05) is 12.8 Å². The number of aliphatic hydroxyl groups excluding tert-OH is 1. The lowest BCUT2D eigenvalue weighted by Crippen LogP contribution is -2.34. The zero-order valence-electron chi connectivity index (χ0n) is 13.9. The van der Waals surface area contributed by atoms with Crippen molar-refractivity contribution in [3.63, 3.8) is 0 Å². The maximum atomic E-state index is 12.4. The largest absolute Gasteiger partial charge is 0.511 e. The molecule has 0 bridgehead atoms. The predicted molar refractivity (Wildman–Crippen MR) is 83.5 cm³/mol. The van der Waals surface area contributed by atoms with Gasteiger partial charge in [0.1, 0.15) is 11.8 Å². The number of hydrogen-bond donors (Lipinski definition) is 2. The first-order valence-electron chi connectivity index (χ1n) is 7.39. The number of methoxy groups -OCH3 is 1. The summed E-state index contributed by atoms with van der Waals surface area (Å²) in [5, 5.41) is 19.2. The van der Waals surface area contributed by atoms with Gasteiger partial charge in [0.05, 0.1) is 24.8 Å². The second-order valence-corrected chi connectivity index (χ2v) is 6.43. The molecule has 0 heterocycles. The van der Waals surface area contributed by atoms with Crippen molar-refractivity contribution in [2.24, 2.45) is 10.4 Å². The third-order valence-corrected chi connectivity index (χ3v) is 3.64. The van der Waals surface area contributed by atoms with Gasteiger partial charge in [-0.2, -0.15) is 0 Å². The Bertz CT molecular complexity index is 573. The number of rotatable bonds is 5. The van der Waals surface area contributed by atoms with E-state index in [4.69, 9.17) is 5.11 Å². The number of hydrogen-bond acceptors (Lipinski definition) is 6. The van der Waals surface area contributed by atoms with Gasteiger partial charge in [0.2, 0.25) is 0 Å². The molecule has 0 aromatic carbocycles. The molecule has 1 rings (SSSR count). The van der Waals surface area contributed by atoms with Gasteiger partial charge < -0.3 is 14.9 Å². The van der Waals surface area contributed by atoms with Crippen LogP contribution in [0.25, 0.3) is 0 Å². The van der Waals surface area contributed by atoms with Crippen molar-refractivity contribution in [3.8, 4) is 0 Å². The molecule has 0 aliphatic heterocycles. The van der Waals surface area contributed by atoms with Crippen LogP contribution in [0.3, 0.4) is 0 Å². The molecule has 7 heteroatoms. The van der Waals surface area contributed by atoms with Crippen LogP contribution in [0.1, 0.15) is 46.5 Å². The minimum Gasteiger partial charge on any atom is -0.511 e. The van der Waals surface area contributed by atoms with E-state index in [-0.39, 0.29) is 47.5 Å². The highest BCUT2D eigenvalue weighted by Crippen LogP contribution is 2.36. The average molecular weight is 325 g/mol. The molecule has 0 saturated heterocycles. The van der Waals surface area contributed by atoms with E-state index in [0.29, 0.717) is 6.42 Å². The summed E-state index contributed by atoms with van der Waals surface area (Å²) >= 11 is 0. The molecular weight excluding hydrogens is 302 g/mol. The second-order valence-electron chi connectivity index (χ2n) is 6.43. The van der Waals surface area contributed by atoms with Crippen LogP contribution >= 0.6 is 0 Å². The summed E-state index contributed by atoms with van der Waals surface area (Å²) in [6.07, 6.45) is 0.498. The maximum Gasteiger partial charge on any atom is 0.328 e. The molecule has 1 saturated carbocycles. The third-order valence-electron chi connectivity index (χ3n) is 3.64. The van der Waals surface area contributed by atoms with E-state index in [2.05, 4.69) is 9.73 Å². The first-order chi connectivity index (χ1) is 10.6. The van der Waals surface area contributed by atoms with Crippen molar-refractivity contribution in [3.05, 3.63) is 11.3 Å². The number of ether oxygens (including phenoxy) is 1. The number of carbonyl (C=O) groups is 3. The Balaban J connectivity index is 3.19.